The zero-order valence-corrected chi connectivity index (χ0v) is 19.0. The smallest absolute Gasteiger partial charge is 0.341 e. The van der Waals surface area contributed by atoms with Crippen molar-refractivity contribution in [3.8, 4) is 5.75 Å². The summed E-state index contributed by atoms with van der Waals surface area (Å²) in [4.78, 5) is 21.7. The molecule has 1 aromatic heterocycles. The van der Waals surface area contributed by atoms with Gasteiger partial charge in [0, 0.05) is 24.7 Å². The van der Waals surface area contributed by atoms with Crippen LogP contribution in [0.25, 0.3) is 0 Å². The Kier molecular flexibility index (Phi) is 10.1. The fraction of sp³-hybridized carbons (Fsp3) is 0.389. The summed E-state index contributed by atoms with van der Waals surface area (Å²) in [6.45, 7) is 3.23. The molecule has 0 aliphatic heterocycles. The van der Waals surface area contributed by atoms with E-state index in [9.17, 15) is 4.79 Å². The molecule has 148 valence electrons. The number of esters is 1. The van der Waals surface area contributed by atoms with Gasteiger partial charge in [-0.15, -0.1) is 35.3 Å². The molecule has 1 aromatic carbocycles. The first kappa shape index (κ1) is 23.2. The summed E-state index contributed by atoms with van der Waals surface area (Å²) in [5.74, 6) is 0.717. The summed E-state index contributed by atoms with van der Waals surface area (Å²) in [5, 5.41) is 7.47. The molecule has 0 aliphatic rings. The van der Waals surface area contributed by atoms with Crippen molar-refractivity contribution >= 4 is 47.2 Å². The normalized spacial score (nSPS) is 10.7. The molecular weight excluding hydrogens is 479 g/mol. The molecule has 9 heteroatoms. The molecule has 0 fully saturated rings. The Balaban J connectivity index is 0.00000364. The second kappa shape index (κ2) is 11.8. The average Bonchev–Trinajstić information content (AvgIpc) is 3.15. The molecule has 27 heavy (non-hydrogen) atoms. The molecule has 2 rings (SSSR count). The highest BCUT2D eigenvalue weighted by molar-refractivity contribution is 14.0. The quantitative estimate of drug-likeness (QED) is 0.261. The maximum atomic E-state index is 11.9. The number of carbonyl (C=O) groups excluding carboxylic acids is 1. The Morgan fingerprint density at radius 1 is 1.26 bits per heavy atom. The largest absolute Gasteiger partial charge is 0.496 e. The number of hydrogen-bond donors (Lipinski definition) is 2. The van der Waals surface area contributed by atoms with Gasteiger partial charge in [-0.25, -0.2) is 9.78 Å². The number of aliphatic imine (C=N–C) groups is 1. The number of aryl methyl sites for hydroxylation is 1. The number of thiazole rings is 1. The van der Waals surface area contributed by atoms with Crippen molar-refractivity contribution in [2.75, 3.05) is 21.3 Å². The van der Waals surface area contributed by atoms with Gasteiger partial charge in [0.25, 0.3) is 0 Å². The summed E-state index contributed by atoms with van der Waals surface area (Å²) < 4.78 is 10.0. The van der Waals surface area contributed by atoms with Crippen LogP contribution in [0.1, 0.15) is 32.7 Å². The van der Waals surface area contributed by atoms with Crippen LogP contribution < -0.4 is 15.4 Å². The molecule has 0 saturated heterocycles. The Labute approximate surface area is 180 Å². The average molecular weight is 504 g/mol. The van der Waals surface area contributed by atoms with Gasteiger partial charge < -0.3 is 20.1 Å². The number of benzene rings is 1. The van der Waals surface area contributed by atoms with E-state index in [2.05, 4.69) is 27.5 Å². The van der Waals surface area contributed by atoms with E-state index in [1.165, 1.54) is 19.1 Å². The van der Waals surface area contributed by atoms with Crippen molar-refractivity contribution in [2.45, 2.75) is 26.4 Å². The zero-order chi connectivity index (χ0) is 18.9. The van der Waals surface area contributed by atoms with Crippen molar-refractivity contribution < 1.29 is 14.3 Å². The third-order valence-electron chi connectivity index (χ3n) is 3.71. The number of ether oxygens (including phenoxy) is 2. The van der Waals surface area contributed by atoms with E-state index >= 15 is 0 Å². The Hall–Kier alpha value is -1.88. The van der Waals surface area contributed by atoms with Crippen molar-refractivity contribution in [2.24, 2.45) is 4.99 Å². The number of carbonyl (C=O) groups is 1. The van der Waals surface area contributed by atoms with E-state index in [0.717, 1.165) is 17.0 Å². The van der Waals surface area contributed by atoms with E-state index < -0.39 is 5.97 Å². The van der Waals surface area contributed by atoms with E-state index in [1.54, 1.807) is 30.5 Å². The van der Waals surface area contributed by atoms with Crippen LogP contribution in [0.15, 0.2) is 29.4 Å². The van der Waals surface area contributed by atoms with Crippen LogP contribution in [0.2, 0.25) is 0 Å². The summed E-state index contributed by atoms with van der Waals surface area (Å²) in [6.07, 6.45) is 2.90. The molecule has 0 radical (unpaired) electrons. The first-order valence-electron chi connectivity index (χ1n) is 8.24. The second-order valence-corrected chi connectivity index (χ2v) is 6.58. The standard InChI is InChI=1S/C18H24N4O3S.HI/c1-5-13-10-20-16(26-13)11-22-18(19-2)21-9-12-6-7-15(24-3)14(8-12)17(23)25-4;/h6-8,10H,5,9,11H2,1-4H3,(H2,19,21,22);1H. The van der Waals surface area contributed by atoms with Crippen LogP contribution in [0, 0.1) is 0 Å². The Morgan fingerprint density at radius 2 is 2.00 bits per heavy atom. The van der Waals surface area contributed by atoms with Crippen molar-refractivity contribution in [3.05, 3.63) is 45.4 Å². The predicted octanol–water partition coefficient (Wildman–Crippen LogP) is 2.98. The fourth-order valence-electron chi connectivity index (χ4n) is 2.29. The highest BCUT2D eigenvalue weighted by Gasteiger charge is 2.13. The number of halogens is 1. The van der Waals surface area contributed by atoms with Gasteiger partial charge in [-0.2, -0.15) is 0 Å². The van der Waals surface area contributed by atoms with Crippen LogP contribution in [0.5, 0.6) is 5.75 Å². The predicted molar refractivity (Wildman–Crippen MR) is 118 cm³/mol. The molecule has 7 nitrogen and oxygen atoms in total. The molecule has 0 bridgehead atoms. The fourth-order valence-corrected chi connectivity index (χ4v) is 3.10. The molecule has 2 aromatic rings. The molecule has 0 unspecified atom stereocenters. The van der Waals surface area contributed by atoms with Crippen molar-refractivity contribution in [1.29, 1.82) is 0 Å². The maximum Gasteiger partial charge on any atom is 0.341 e. The number of hydrogen-bond acceptors (Lipinski definition) is 6. The highest BCUT2D eigenvalue weighted by Crippen LogP contribution is 2.20. The molecule has 0 saturated carbocycles. The highest BCUT2D eigenvalue weighted by atomic mass is 127. The van der Waals surface area contributed by atoms with E-state index in [0.29, 0.717) is 30.4 Å². The minimum atomic E-state index is -0.429. The van der Waals surface area contributed by atoms with Gasteiger partial charge >= 0.3 is 5.97 Å². The number of nitrogens with one attached hydrogen (secondary N) is 2. The van der Waals surface area contributed by atoms with Gasteiger partial charge in [0.05, 0.1) is 20.8 Å². The van der Waals surface area contributed by atoms with Crippen LogP contribution in [-0.4, -0.2) is 38.2 Å². The van der Waals surface area contributed by atoms with Crippen LogP contribution in [0.4, 0.5) is 0 Å². The summed E-state index contributed by atoms with van der Waals surface area (Å²) in [6, 6.07) is 5.39. The lowest BCUT2D eigenvalue weighted by Crippen LogP contribution is -2.36. The molecule has 0 amide bonds. The Morgan fingerprint density at radius 3 is 2.59 bits per heavy atom. The SMILES string of the molecule is CCc1cnc(CNC(=NC)NCc2ccc(OC)c(C(=O)OC)c2)s1.I. The van der Waals surface area contributed by atoms with Gasteiger partial charge in [-0.05, 0) is 24.1 Å². The van der Waals surface area contributed by atoms with Gasteiger partial charge in [-0.1, -0.05) is 13.0 Å². The third-order valence-corrected chi connectivity index (χ3v) is 4.85. The van der Waals surface area contributed by atoms with Gasteiger partial charge in [0.15, 0.2) is 5.96 Å². The number of nitrogens with zero attached hydrogens (tertiary/aromatic N) is 2. The number of rotatable bonds is 7. The summed E-state index contributed by atoms with van der Waals surface area (Å²) >= 11 is 1.69. The maximum absolute atomic E-state index is 11.9. The zero-order valence-electron chi connectivity index (χ0n) is 15.9. The summed E-state index contributed by atoms with van der Waals surface area (Å²) in [5.41, 5.74) is 1.31. The first-order valence-corrected chi connectivity index (χ1v) is 9.06. The molecule has 0 spiro atoms. The first-order chi connectivity index (χ1) is 12.6. The topological polar surface area (TPSA) is 84.8 Å². The van der Waals surface area contributed by atoms with Crippen LogP contribution >= 0.6 is 35.3 Å². The van der Waals surface area contributed by atoms with Gasteiger partial charge in [0.2, 0.25) is 0 Å². The molecule has 0 atom stereocenters. The lowest BCUT2D eigenvalue weighted by atomic mass is 10.1. The number of methoxy groups -OCH3 is 2. The minimum Gasteiger partial charge on any atom is -0.496 e. The van der Waals surface area contributed by atoms with Gasteiger partial charge in [0.1, 0.15) is 16.3 Å². The van der Waals surface area contributed by atoms with E-state index in [-0.39, 0.29) is 24.0 Å². The number of aromatic nitrogens is 1. The lowest BCUT2D eigenvalue weighted by Gasteiger charge is -2.13. The minimum absolute atomic E-state index is 0. The van der Waals surface area contributed by atoms with Gasteiger partial charge in [-0.3, -0.25) is 4.99 Å². The van der Waals surface area contributed by atoms with Crippen LogP contribution in [0.3, 0.4) is 0 Å². The van der Waals surface area contributed by atoms with E-state index in [1.807, 2.05) is 12.3 Å². The Bertz CT molecular complexity index is 780. The van der Waals surface area contributed by atoms with E-state index in [4.69, 9.17) is 9.47 Å². The molecule has 1 heterocycles. The molecule has 0 aliphatic carbocycles. The van der Waals surface area contributed by atoms with Crippen molar-refractivity contribution in [1.82, 2.24) is 15.6 Å². The monoisotopic (exact) mass is 504 g/mol. The molecular formula is C18H25IN4O3S. The summed E-state index contributed by atoms with van der Waals surface area (Å²) in [7, 11) is 4.58. The lowest BCUT2D eigenvalue weighted by molar-refractivity contribution is 0.0597. The second-order valence-electron chi connectivity index (χ2n) is 5.38. The molecule has 2 N–H and O–H groups in total. The number of guanidine groups is 1. The van der Waals surface area contributed by atoms with Crippen molar-refractivity contribution in [3.63, 3.8) is 0 Å². The third kappa shape index (κ3) is 6.65. The van der Waals surface area contributed by atoms with Crippen LogP contribution in [-0.2, 0) is 24.2 Å².